The van der Waals surface area contributed by atoms with E-state index in [0.717, 1.165) is 37.0 Å². The topological polar surface area (TPSA) is 67.9 Å². The molecule has 4 saturated carbocycles. The Morgan fingerprint density at radius 2 is 1.94 bits per heavy atom. The van der Waals surface area contributed by atoms with Crippen molar-refractivity contribution in [2.45, 2.75) is 84.8 Å². The van der Waals surface area contributed by atoms with Crippen LogP contribution in [0.2, 0.25) is 0 Å². The lowest BCUT2D eigenvalue weighted by molar-refractivity contribution is -0.176. The molecule has 174 valence electrons. The summed E-state index contributed by atoms with van der Waals surface area (Å²) in [6.45, 7) is 7.71. The highest BCUT2D eigenvalue weighted by molar-refractivity contribution is 5.82. The highest BCUT2D eigenvalue weighted by atomic mass is 16.5. The second kappa shape index (κ2) is 7.97. The zero-order chi connectivity index (χ0) is 22.7. The molecule has 0 spiro atoms. The van der Waals surface area contributed by atoms with Crippen LogP contribution in [0.4, 0.5) is 0 Å². The summed E-state index contributed by atoms with van der Waals surface area (Å²) >= 11 is 0. The normalized spacial score (nSPS) is 45.4. The zero-order valence-electron chi connectivity index (χ0n) is 20.2. The first-order valence-electron chi connectivity index (χ1n) is 12.8. The van der Waals surface area contributed by atoms with Crippen molar-refractivity contribution < 1.29 is 9.53 Å². The molecular weight excluding hydrogens is 398 g/mol. The van der Waals surface area contributed by atoms with Gasteiger partial charge < -0.3 is 4.74 Å². The third-order valence-electron chi connectivity index (χ3n) is 10.7. The molecular formula is C27H39N3O2. The lowest BCUT2D eigenvalue weighted by atomic mass is 9.43. The van der Waals surface area contributed by atoms with Gasteiger partial charge in [-0.3, -0.25) is 9.48 Å². The summed E-state index contributed by atoms with van der Waals surface area (Å²) in [6, 6.07) is 2.11. The molecule has 9 unspecified atom stereocenters. The van der Waals surface area contributed by atoms with Crippen molar-refractivity contribution in [3.05, 3.63) is 18.0 Å². The van der Waals surface area contributed by atoms with Crippen LogP contribution in [0.1, 0.15) is 77.7 Å². The molecule has 1 aromatic heterocycles. The molecule has 1 heterocycles. The third-order valence-corrected chi connectivity index (χ3v) is 10.7. The number of methoxy groups -OCH3 is 1. The first-order valence-corrected chi connectivity index (χ1v) is 12.8. The SMILES string of the molecule is COC1CC2CC(C)CCC2(C)C2CCC3(C)C(C(=O)Cn4cc(C#N)cn4)CCC3C12. The van der Waals surface area contributed by atoms with Crippen molar-refractivity contribution >= 4 is 5.78 Å². The summed E-state index contributed by atoms with van der Waals surface area (Å²) in [7, 11) is 1.92. The van der Waals surface area contributed by atoms with E-state index in [9.17, 15) is 4.79 Å². The molecule has 5 nitrogen and oxygen atoms in total. The molecule has 5 rings (SSSR count). The molecule has 0 aliphatic heterocycles. The predicted octanol–water partition coefficient (Wildman–Crippen LogP) is 5.24. The zero-order valence-corrected chi connectivity index (χ0v) is 20.2. The summed E-state index contributed by atoms with van der Waals surface area (Å²) in [5.41, 5.74) is 1.02. The van der Waals surface area contributed by atoms with Gasteiger partial charge in [0.1, 0.15) is 6.07 Å². The van der Waals surface area contributed by atoms with Crippen molar-refractivity contribution in [2.75, 3.05) is 7.11 Å². The molecule has 1 aromatic rings. The van der Waals surface area contributed by atoms with E-state index < -0.39 is 0 Å². The number of aromatic nitrogens is 2. The van der Waals surface area contributed by atoms with Gasteiger partial charge in [0, 0.05) is 19.2 Å². The minimum Gasteiger partial charge on any atom is -0.381 e. The molecule has 4 aliphatic carbocycles. The van der Waals surface area contributed by atoms with E-state index in [0.29, 0.717) is 34.7 Å². The van der Waals surface area contributed by atoms with Gasteiger partial charge in [-0.2, -0.15) is 10.4 Å². The van der Waals surface area contributed by atoms with E-state index in [4.69, 9.17) is 10.00 Å². The number of rotatable bonds is 4. The molecule has 0 bridgehead atoms. The third kappa shape index (κ3) is 3.28. The van der Waals surface area contributed by atoms with Crippen LogP contribution in [0.3, 0.4) is 0 Å². The first kappa shape index (κ1) is 22.1. The van der Waals surface area contributed by atoms with Crippen LogP contribution >= 0.6 is 0 Å². The molecule has 0 N–H and O–H groups in total. The van der Waals surface area contributed by atoms with Gasteiger partial charge in [0.05, 0.1) is 24.4 Å². The molecule has 5 heteroatoms. The van der Waals surface area contributed by atoms with Gasteiger partial charge in [0.25, 0.3) is 0 Å². The summed E-state index contributed by atoms with van der Waals surface area (Å²) in [6.07, 6.45) is 13.4. The Morgan fingerprint density at radius 3 is 2.66 bits per heavy atom. The van der Waals surface area contributed by atoms with Crippen LogP contribution in [0.25, 0.3) is 0 Å². The molecule has 4 fully saturated rings. The maximum absolute atomic E-state index is 13.4. The summed E-state index contributed by atoms with van der Waals surface area (Å²) in [5.74, 6) is 3.91. The number of hydrogen-bond donors (Lipinski definition) is 0. The highest BCUT2D eigenvalue weighted by Crippen LogP contribution is 2.68. The maximum Gasteiger partial charge on any atom is 0.157 e. The van der Waals surface area contributed by atoms with Gasteiger partial charge in [-0.25, -0.2) is 0 Å². The van der Waals surface area contributed by atoms with Gasteiger partial charge in [-0.15, -0.1) is 0 Å². The molecule has 4 aliphatic rings. The number of nitriles is 1. The van der Waals surface area contributed by atoms with E-state index >= 15 is 0 Å². The molecule has 9 atom stereocenters. The molecule has 0 radical (unpaired) electrons. The van der Waals surface area contributed by atoms with Crippen molar-refractivity contribution in [1.82, 2.24) is 9.78 Å². The fourth-order valence-electron chi connectivity index (χ4n) is 8.97. The first-order chi connectivity index (χ1) is 15.3. The van der Waals surface area contributed by atoms with Gasteiger partial charge in [-0.05, 0) is 85.4 Å². The average Bonchev–Trinajstić information content (AvgIpc) is 3.37. The number of hydrogen-bond acceptors (Lipinski definition) is 4. The van der Waals surface area contributed by atoms with Crippen molar-refractivity contribution in [1.29, 1.82) is 5.26 Å². The van der Waals surface area contributed by atoms with Crippen molar-refractivity contribution in [2.24, 2.45) is 46.3 Å². The van der Waals surface area contributed by atoms with Crippen molar-refractivity contribution in [3.8, 4) is 6.07 Å². The quantitative estimate of drug-likeness (QED) is 0.646. The van der Waals surface area contributed by atoms with Crippen LogP contribution in [-0.4, -0.2) is 28.8 Å². The minimum absolute atomic E-state index is 0.0609. The lowest BCUT2D eigenvalue weighted by Gasteiger charge is -2.62. The van der Waals surface area contributed by atoms with Crippen LogP contribution < -0.4 is 0 Å². The number of carbonyl (C=O) groups is 1. The molecule has 0 saturated heterocycles. The van der Waals surface area contributed by atoms with Crippen molar-refractivity contribution in [3.63, 3.8) is 0 Å². The number of ketones is 1. The monoisotopic (exact) mass is 437 g/mol. The Morgan fingerprint density at radius 1 is 1.19 bits per heavy atom. The molecule has 0 amide bonds. The largest absolute Gasteiger partial charge is 0.381 e. The Kier molecular flexibility index (Phi) is 5.52. The Bertz CT molecular complexity index is 918. The second-order valence-corrected chi connectivity index (χ2v) is 12.1. The maximum atomic E-state index is 13.4. The fourth-order valence-corrected chi connectivity index (χ4v) is 8.97. The number of carbonyl (C=O) groups excluding carboxylic acids is 1. The standard InChI is InChI=1S/C27H39N3O2/c1-17-7-9-26(2)19(11-17)12-24(32-4)25-21-6-5-20(27(21,3)10-8-22(25)26)23(31)16-30-15-18(13-28)14-29-30/h14-15,17,19-22,24-25H,5-12,16H2,1-4H3. The van der Waals surface area contributed by atoms with E-state index in [1.165, 1.54) is 32.1 Å². The number of fused-ring (bicyclic) bond motifs is 5. The number of ether oxygens (including phenoxy) is 1. The van der Waals surface area contributed by atoms with Gasteiger partial charge in [0.2, 0.25) is 0 Å². The summed E-state index contributed by atoms with van der Waals surface area (Å²) in [4.78, 5) is 13.4. The fraction of sp³-hybridized carbons (Fsp3) is 0.815. The number of Topliss-reactive ketones (excluding diaryl/α,β-unsaturated/α-hetero) is 1. The van der Waals surface area contributed by atoms with Crippen LogP contribution in [0.15, 0.2) is 12.4 Å². The minimum atomic E-state index is 0.0609. The van der Waals surface area contributed by atoms with E-state index in [1.807, 2.05) is 7.11 Å². The Hall–Kier alpha value is -1.67. The van der Waals surface area contributed by atoms with Crippen LogP contribution in [0, 0.1) is 57.7 Å². The van der Waals surface area contributed by atoms with Gasteiger partial charge in [0.15, 0.2) is 5.78 Å². The molecule has 0 aromatic carbocycles. The summed E-state index contributed by atoms with van der Waals surface area (Å²) < 4.78 is 7.87. The molecule has 32 heavy (non-hydrogen) atoms. The average molecular weight is 438 g/mol. The van der Waals surface area contributed by atoms with Gasteiger partial charge >= 0.3 is 0 Å². The van der Waals surface area contributed by atoms with E-state index in [1.54, 1.807) is 17.1 Å². The number of nitrogens with zero attached hydrogens (tertiary/aromatic N) is 3. The summed E-state index contributed by atoms with van der Waals surface area (Å²) in [5, 5.41) is 13.3. The van der Waals surface area contributed by atoms with E-state index in [-0.39, 0.29) is 17.9 Å². The van der Waals surface area contributed by atoms with Crippen LogP contribution in [0.5, 0.6) is 0 Å². The smallest absolute Gasteiger partial charge is 0.157 e. The second-order valence-electron chi connectivity index (χ2n) is 12.1. The Labute approximate surface area is 192 Å². The lowest BCUT2D eigenvalue weighted by Crippen LogP contribution is -2.58. The van der Waals surface area contributed by atoms with E-state index in [2.05, 4.69) is 31.9 Å². The van der Waals surface area contributed by atoms with Gasteiger partial charge in [-0.1, -0.05) is 27.2 Å². The predicted molar refractivity (Wildman–Crippen MR) is 123 cm³/mol. The van der Waals surface area contributed by atoms with Crippen LogP contribution in [-0.2, 0) is 16.1 Å². The highest BCUT2D eigenvalue weighted by Gasteiger charge is 2.63. The Balaban J connectivity index is 1.39.